The van der Waals surface area contributed by atoms with Gasteiger partial charge in [-0.15, -0.1) is 11.3 Å². The quantitative estimate of drug-likeness (QED) is 0.639. The second kappa shape index (κ2) is 4.15. The van der Waals surface area contributed by atoms with Crippen molar-refractivity contribution in [2.24, 2.45) is 5.41 Å². The lowest BCUT2D eigenvalue weighted by Gasteiger charge is -2.28. The third kappa shape index (κ3) is 2.02. The molecule has 0 bridgehead atoms. The summed E-state index contributed by atoms with van der Waals surface area (Å²) >= 11 is 11.5. The zero-order valence-corrected chi connectivity index (χ0v) is 11.4. The van der Waals surface area contributed by atoms with Crippen molar-refractivity contribution in [1.29, 1.82) is 0 Å². The molecule has 0 nitrogen and oxygen atoms in total. The molecule has 0 aliphatic heterocycles. The average molecular weight is 294 g/mol. The molecule has 1 fully saturated rings. The van der Waals surface area contributed by atoms with E-state index in [1.165, 1.54) is 30.6 Å². The second-order valence-corrected chi connectivity index (χ2v) is 7.03. The summed E-state index contributed by atoms with van der Waals surface area (Å²) in [5, 5.41) is 0. The Morgan fingerprint density at radius 2 is 2.07 bits per heavy atom. The van der Waals surface area contributed by atoms with E-state index in [1.54, 1.807) is 11.3 Å². The van der Waals surface area contributed by atoms with Crippen molar-refractivity contribution in [2.75, 3.05) is 0 Å². The van der Waals surface area contributed by atoms with Crippen LogP contribution in [0.1, 0.15) is 42.3 Å². The largest absolute Gasteiger partial charge is 0.127 e. The Hall–Kier alpha value is 0.470. The summed E-state index contributed by atoms with van der Waals surface area (Å²) in [7, 11) is 0. The lowest BCUT2D eigenvalue weighted by atomic mass is 9.84. The second-order valence-electron chi connectivity index (χ2n) is 4.37. The van der Waals surface area contributed by atoms with Crippen LogP contribution in [0.4, 0.5) is 0 Å². The molecule has 1 heterocycles. The van der Waals surface area contributed by atoms with Gasteiger partial charge in [0, 0.05) is 4.88 Å². The molecule has 78 valence electrons. The Morgan fingerprint density at radius 1 is 1.43 bits per heavy atom. The first kappa shape index (κ1) is 11.0. The highest BCUT2D eigenvalue weighted by molar-refractivity contribution is 9.09. The molecule has 0 amide bonds. The van der Waals surface area contributed by atoms with E-state index in [9.17, 15) is 0 Å². The summed E-state index contributed by atoms with van der Waals surface area (Å²) in [5.41, 5.74) is 0.439. The Labute approximate surface area is 103 Å². The summed E-state index contributed by atoms with van der Waals surface area (Å²) in [6.07, 6.45) is 5.41. The van der Waals surface area contributed by atoms with Crippen molar-refractivity contribution in [1.82, 2.24) is 0 Å². The SMILES string of the molecule is CC1(C(Br)c2ccc(Cl)s2)CCCC1. The van der Waals surface area contributed by atoms with Gasteiger partial charge in [-0.05, 0) is 30.4 Å². The third-order valence-electron chi connectivity index (χ3n) is 3.20. The van der Waals surface area contributed by atoms with Crippen molar-refractivity contribution in [2.45, 2.75) is 37.4 Å². The van der Waals surface area contributed by atoms with E-state index in [2.05, 4.69) is 28.9 Å². The Kier molecular flexibility index (Phi) is 3.25. The Morgan fingerprint density at radius 3 is 2.57 bits per heavy atom. The molecule has 1 saturated carbocycles. The summed E-state index contributed by atoms with van der Waals surface area (Å²) in [6.45, 7) is 2.38. The van der Waals surface area contributed by atoms with Crippen molar-refractivity contribution < 1.29 is 0 Å². The molecule has 0 N–H and O–H groups in total. The van der Waals surface area contributed by atoms with Crippen molar-refractivity contribution in [3.05, 3.63) is 21.3 Å². The van der Waals surface area contributed by atoms with Gasteiger partial charge in [0.15, 0.2) is 0 Å². The molecule has 0 aromatic carbocycles. The Bertz CT molecular complexity index is 315. The van der Waals surface area contributed by atoms with Crippen molar-refractivity contribution in [3.63, 3.8) is 0 Å². The molecule has 14 heavy (non-hydrogen) atoms. The van der Waals surface area contributed by atoms with Gasteiger partial charge in [-0.25, -0.2) is 0 Å². The standard InChI is InChI=1S/C11H14BrClS/c1-11(6-2-3-7-11)10(12)8-4-5-9(13)14-8/h4-5,10H,2-3,6-7H2,1H3. The maximum atomic E-state index is 5.95. The van der Waals surface area contributed by atoms with Crippen LogP contribution in [0.5, 0.6) is 0 Å². The summed E-state index contributed by atoms with van der Waals surface area (Å²) in [4.78, 5) is 1.86. The monoisotopic (exact) mass is 292 g/mol. The smallest absolute Gasteiger partial charge is 0.0931 e. The first-order valence-electron chi connectivity index (χ1n) is 5.01. The summed E-state index contributed by atoms with van der Waals surface area (Å²) in [6, 6.07) is 4.14. The van der Waals surface area contributed by atoms with Crippen LogP contribution >= 0.6 is 38.9 Å². The molecule has 0 spiro atoms. The number of rotatable bonds is 2. The van der Waals surface area contributed by atoms with E-state index in [4.69, 9.17) is 11.6 Å². The van der Waals surface area contributed by atoms with E-state index in [0.717, 1.165) is 4.34 Å². The molecule has 1 atom stereocenters. The van der Waals surface area contributed by atoms with Crippen molar-refractivity contribution in [3.8, 4) is 0 Å². The van der Waals surface area contributed by atoms with Gasteiger partial charge in [0.05, 0.1) is 9.16 Å². The predicted octanol–water partition coefficient (Wildman–Crippen LogP) is 5.42. The van der Waals surface area contributed by atoms with Crippen LogP contribution in [0.3, 0.4) is 0 Å². The fourth-order valence-corrected chi connectivity index (χ4v) is 4.35. The number of alkyl halides is 1. The van der Waals surface area contributed by atoms with Gasteiger partial charge in [0.1, 0.15) is 0 Å². The zero-order chi connectivity index (χ0) is 10.2. The maximum Gasteiger partial charge on any atom is 0.0931 e. The van der Waals surface area contributed by atoms with E-state index < -0.39 is 0 Å². The number of hydrogen-bond donors (Lipinski definition) is 0. The molecule has 1 aromatic heterocycles. The molecular formula is C11H14BrClS. The normalized spacial score (nSPS) is 22.5. The molecule has 1 aliphatic rings. The minimum atomic E-state index is 0.439. The van der Waals surface area contributed by atoms with Gasteiger partial charge < -0.3 is 0 Å². The fourth-order valence-electron chi connectivity index (χ4n) is 2.24. The van der Waals surface area contributed by atoms with Gasteiger partial charge in [0.2, 0.25) is 0 Å². The topological polar surface area (TPSA) is 0 Å². The minimum Gasteiger partial charge on any atom is -0.127 e. The first-order valence-corrected chi connectivity index (χ1v) is 7.12. The van der Waals surface area contributed by atoms with Crippen LogP contribution in [0.15, 0.2) is 12.1 Å². The Balaban J connectivity index is 2.18. The van der Waals surface area contributed by atoms with Gasteiger partial charge >= 0.3 is 0 Å². The minimum absolute atomic E-state index is 0.439. The van der Waals surface area contributed by atoms with Crippen LogP contribution in [0.25, 0.3) is 0 Å². The van der Waals surface area contributed by atoms with E-state index in [0.29, 0.717) is 10.2 Å². The summed E-state index contributed by atoms with van der Waals surface area (Å²) < 4.78 is 0.894. The van der Waals surface area contributed by atoms with Gasteiger partial charge in [-0.2, -0.15) is 0 Å². The highest BCUT2D eigenvalue weighted by Gasteiger charge is 2.36. The number of thiophene rings is 1. The van der Waals surface area contributed by atoms with Gasteiger partial charge in [-0.1, -0.05) is 47.3 Å². The van der Waals surface area contributed by atoms with E-state index in [-0.39, 0.29) is 0 Å². The first-order chi connectivity index (χ1) is 6.62. The number of halogens is 2. The van der Waals surface area contributed by atoms with Crippen molar-refractivity contribution >= 4 is 38.9 Å². The maximum absolute atomic E-state index is 5.95. The number of hydrogen-bond acceptors (Lipinski definition) is 1. The lowest BCUT2D eigenvalue weighted by Crippen LogP contribution is -2.16. The highest BCUT2D eigenvalue weighted by atomic mass is 79.9. The van der Waals surface area contributed by atoms with Crippen LogP contribution in [0.2, 0.25) is 4.34 Å². The van der Waals surface area contributed by atoms with Crippen LogP contribution < -0.4 is 0 Å². The summed E-state index contributed by atoms with van der Waals surface area (Å²) in [5.74, 6) is 0. The molecule has 1 aromatic rings. The van der Waals surface area contributed by atoms with Gasteiger partial charge in [0.25, 0.3) is 0 Å². The van der Waals surface area contributed by atoms with Crippen LogP contribution in [-0.2, 0) is 0 Å². The van der Waals surface area contributed by atoms with Crippen LogP contribution in [-0.4, -0.2) is 0 Å². The third-order valence-corrected chi connectivity index (χ3v) is 6.40. The predicted molar refractivity (Wildman–Crippen MR) is 67.6 cm³/mol. The molecule has 2 rings (SSSR count). The highest BCUT2D eigenvalue weighted by Crippen LogP contribution is 2.53. The molecular weight excluding hydrogens is 280 g/mol. The molecule has 0 radical (unpaired) electrons. The average Bonchev–Trinajstić information content (AvgIpc) is 2.74. The molecule has 0 saturated heterocycles. The molecule has 1 unspecified atom stereocenters. The lowest BCUT2D eigenvalue weighted by molar-refractivity contribution is 0.334. The molecule has 1 aliphatic carbocycles. The van der Waals surface area contributed by atoms with Gasteiger partial charge in [-0.3, -0.25) is 0 Å². The fraction of sp³-hybridized carbons (Fsp3) is 0.636. The van der Waals surface area contributed by atoms with E-state index >= 15 is 0 Å². The van der Waals surface area contributed by atoms with E-state index in [1.807, 2.05) is 6.07 Å². The molecule has 3 heteroatoms. The van der Waals surface area contributed by atoms with Crippen LogP contribution in [0, 0.1) is 5.41 Å². The zero-order valence-electron chi connectivity index (χ0n) is 8.22.